The largest absolute Gasteiger partial charge is 0.264 e. The molecular weight excluding hydrogens is 444 g/mol. The minimum absolute atomic E-state index is 1.05. The Labute approximate surface area is 207 Å². The summed E-state index contributed by atoms with van der Waals surface area (Å²) in [7, 11) is 0. The quantitative estimate of drug-likeness (QED) is 0.244. The molecule has 0 aliphatic heterocycles. The molecule has 7 rings (SSSR count). The summed E-state index contributed by atoms with van der Waals surface area (Å²) in [4.78, 5) is 9.36. The van der Waals surface area contributed by atoms with Crippen molar-refractivity contribution < 1.29 is 0 Å². The Morgan fingerprint density at radius 2 is 1.09 bits per heavy atom. The molecule has 7 aromatic rings. The molecule has 0 N–H and O–H groups in total. The maximum absolute atomic E-state index is 4.84. The lowest BCUT2D eigenvalue weighted by molar-refractivity contribution is 1.37. The molecule has 2 nitrogen and oxygen atoms in total. The summed E-state index contributed by atoms with van der Waals surface area (Å²) in [6, 6.07) is 38.6. The van der Waals surface area contributed by atoms with E-state index in [0.29, 0.717) is 0 Å². The van der Waals surface area contributed by atoms with Crippen molar-refractivity contribution in [2.75, 3.05) is 0 Å². The molecule has 3 heteroatoms. The molecule has 0 unspecified atom stereocenters. The van der Waals surface area contributed by atoms with E-state index in [4.69, 9.17) is 4.98 Å². The molecular formula is C32H20N2S. The van der Waals surface area contributed by atoms with Gasteiger partial charge >= 0.3 is 0 Å². The van der Waals surface area contributed by atoms with Crippen LogP contribution in [0.2, 0.25) is 0 Å². The van der Waals surface area contributed by atoms with Crippen LogP contribution < -0.4 is 0 Å². The van der Waals surface area contributed by atoms with Crippen molar-refractivity contribution in [3.05, 3.63) is 122 Å². The van der Waals surface area contributed by atoms with E-state index in [1.165, 1.54) is 43.1 Å². The van der Waals surface area contributed by atoms with Gasteiger partial charge in [-0.15, -0.1) is 11.3 Å². The zero-order valence-electron chi connectivity index (χ0n) is 18.8. The normalized spacial score (nSPS) is 11.4. The Kier molecular flexibility index (Phi) is 4.68. The van der Waals surface area contributed by atoms with Crippen molar-refractivity contribution in [3.63, 3.8) is 0 Å². The van der Waals surface area contributed by atoms with E-state index in [-0.39, 0.29) is 0 Å². The fraction of sp³-hybridized carbons (Fsp3) is 0. The topological polar surface area (TPSA) is 25.8 Å². The van der Waals surface area contributed by atoms with Crippen molar-refractivity contribution in [1.82, 2.24) is 9.97 Å². The van der Waals surface area contributed by atoms with Crippen LogP contribution >= 0.6 is 11.3 Å². The molecule has 0 atom stereocenters. The minimum Gasteiger partial charge on any atom is -0.264 e. The second-order valence-electron chi connectivity index (χ2n) is 8.65. The lowest BCUT2D eigenvalue weighted by atomic mass is 9.86. The van der Waals surface area contributed by atoms with Gasteiger partial charge in [0.25, 0.3) is 0 Å². The summed E-state index contributed by atoms with van der Waals surface area (Å²) >= 11 is 1.74. The van der Waals surface area contributed by atoms with Crippen LogP contribution in [0, 0.1) is 0 Å². The van der Waals surface area contributed by atoms with Crippen molar-refractivity contribution >= 4 is 43.1 Å². The lowest BCUT2D eigenvalue weighted by Gasteiger charge is -2.17. The lowest BCUT2D eigenvalue weighted by Crippen LogP contribution is -1.91. The summed E-state index contributed by atoms with van der Waals surface area (Å²) in [5, 5.41) is 5.92. The Morgan fingerprint density at radius 1 is 0.486 bits per heavy atom. The van der Waals surface area contributed by atoms with Gasteiger partial charge in [0.15, 0.2) is 0 Å². The Bertz CT molecular complexity index is 1740. The molecule has 0 aliphatic carbocycles. The van der Waals surface area contributed by atoms with E-state index in [1.807, 2.05) is 18.5 Å². The van der Waals surface area contributed by atoms with Gasteiger partial charge in [0.05, 0.1) is 10.2 Å². The van der Waals surface area contributed by atoms with Crippen LogP contribution in [-0.2, 0) is 0 Å². The summed E-state index contributed by atoms with van der Waals surface area (Å²) in [6.07, 6.45) is 3.90. The molecule has 0 amide bonds. The SMILES string of the molecule is c1ccc(-c2c3ccccc3c(-c3ccc(-c4nc5ccccc5s4)cc3)c3cnccc23)cc1. The van der Waals surface area contributed by atoms with Gasteiger partial charge in [-0.2, -0.15) is 0 Å². The van der Waals surface area contributed by atoms with Gasteiger partial charge in [-0.25, -0.2) is 4.98 Å². The molecule has 0 radical (unpaired) electrons. The molecule has 35 heavy (non-hydrogen) atoms. The smallest absolute Gasteiger partial charge is 0.124 e. The van der Waals surface area contributed by atoms with E-state index in [1.54, 1.807) is 11.3 Å². The first kappa shape index (κ1) is 20.1. The zero-order valence-corrected chi connectivity index (χ0v) is 19.7. The summed E-state index contributed by atoms with van der Waals surface area (Å²) in [5.74, 6) is 0. The Hall–Kier alpha value is -4.34. The first-order valence-corrected chi connectivity index (χ1v) is 12.5. The number of rotatable bonds is 3. The van der Waals surface area contributed by atoms with Crippen LogP contribution in [0.15, 0.2) is 122 Å². The number of aromatic nitrogens is 2. The molecule has 2 heterocycles. The van der Waals surface area contributed by atoms with Gasteiger partial charge in [-0.3, -0.25) is 4.98 Å². The van der Waals surface area contributed by atoms with E-state index in [9.17, 15) is 0 Å². The number of hydrogen-bond acceptors (Lipinski definition) is 3. The van der Waals surface area contributed by atoms with Gasteiger partial charge in [-0.1, -0.05) is 91.0 Å². The van der Waals surface area contributed by atoms with E-state index in [0.717, 1.165) is 21.5 Å². The second kappa shape index (κ2) is 8.15. The summed E-state index contributed by atoms with van der Waals surface area (Å²) in [5.41, 5.74) is 7.08. The number of para-hydroxylation sites is 1. The minimum atomic E-state index is 1.05. The first-order chi connectivity index (χ1) is 17.4. The molecule has 5 aromatic carbocycles. The van der Waals surface area contributed by atoms with Crippen molar-refractivity contribution in [1.29, 1.82) is 0 Å². The Balaban J connectivity index is 1.46. The van der Waals surface area contributed by atoms with Gasteiger partial charge < -0.3 is 0 Å². The second-order valence-corrected chi connectivity index (χ2v) is 9.68. The highest BCUT2D eigenvalue weighted by Gasteiger charge is 2.16. The maximum atomic E-state index is 4.84. The number of nitrogens with zero attached hydrogens (tertiary/aromatic N) is 2. The predicted molar refractivity (Wildman–Crippen MR) is 149 cm³/mol. The zero-order chi connectivity index (χ0) is 23.2. The standard InChI is InChI=1S/C32H20N2S/c1-2-8-21(9-3-1)30-24-10-4-5-11-25(24)31(27-20-33-19-18-26(27)30)22-14-16-23(17-15-22)32-34-28-12-6-7-13-29(28)35-32/h1-20H. The highest BCUT2D eigenvalue weighted by atomic mass is 32.1. The molecule has 0 saturated heterocycles. The van der Waals surface area contributed by atoms with E-state index < -0.39 is 0 Å². The van der Waals surface area contributed by atoms with Gasteiger partial charge in [0, 0.05) is 23.3 Å². The average molecular weight is 465 g/mol. The third-order valence-electron chi connectivity index (χ3n) is 6.60. The number of pyridine rings is 1. The molecule has 2 aromatic heterocycles. The fourth-order valence-electron chi connectivity index (χ4n) is 5.02. The van der Waals surface area contributed by atoms with Gasteiger partial charge in [0.1, 0.15) is 5.01 Å². The van der Waals surface area contributed by atoms with Crippen LogP contribution in [0.5, 0.6) is 0 Å². The summed E-state index contributed by atoms with van der Waals surface area (Å²) in [6.45, 7) is 0. The Morgan fingerprint density at radius 3 is 1.86 bits per heavy atom. The van der Waals surface area contributed by atoms with Crippen molar-refractivity contribution in [2.45, 2.75) is 0 Å². The predicted octanol–water partition coefficient (Wildman–Crippen LogP) is 9.00. The van der Waals surface area contributed by atoms with Crippen LogP contribution in [-0.4, -0.2) is 9.97 Å². The van der Waals surface area contributed by atoms with Crippen LogP contribution in [0.4, 0.5) is 0 Å². The third-order valence-corrected chi connectivity index (χ3v) is 7.69. The maximum Gasteiger partial charge on any atom is 0.124 e. The first-order valence-electron chi connectivity index (χ1n) is 11.7. The molecule has 0 saturated carbocycles. The van der Waals surface area contributed by atoms with Crippen molar-refractivity contribution in [3.8, 4) is 32.8 Å². The fourth-order valence-corrected chi connectivity index (χ4v) is 5.99. The van der Waals surface area contributed by atoms with Crippen LogP contribution in [0.3, 0.4) is 0 Å². The number of benzene rings is 5. The monoisotopic (exact) mass is 464 g/mol. The van der Waals surface area contributed by atoms with E-state index in [2.05, 4.69) is 108 Å². The van der Waals surface area contributed by atoms with Crippen LogP contribution in [0.25, 0.3) is 64.6 Å². The van der Waals surface area contributed by atoms with E-state index >= 15 is 0 Å². The highest BCUT2D eigenvalue weighted by molar-refractivity contribution is 7.21. The molecule has 164 valence electrons. The van der Waals surface area contributed by atoms with Gasteiger partial charge in [-0.05, 0) is 56.6 Å². The third kappa shape index (κ3) is 3.32. The number of hydrogen-bond donors (Lipinski definition) is 0. The number of fused-ring (bicyclic) bond motifs is 3. The molecule has 0 aliphatic rings. The summed E-state index contributed by atoms with van der Waals surface area (Å²) < 4.78 is 1.21. The molecule has 0 bridgehead atoms. The molecule has 0 spiro atoms. The van der Waals surface area contributed by atoms with Gasteiger partial charge in [0.2, 0.25) is 0 Å². The van der Waals surface area contributed by atoms with Crippen LogP contribution in [0.1, 0.15) is 0 Å². The average Bonchev–Trinajstić information content (AvgIpc) is 3.37. The highest BCUT2D eigenvalue weighted by Crippen LogP contribution is 2.43. The molecule has 0 fully saturated rings. The van der Waals surface area contributed by atoms with Crippen molar-refractivity contribution in [2.24, 2.45) is 0 Å². The number of thiazole rings is 1.